The summed E-state index contributed by atoms with van der Waals surface area (Å²) >= 11 is 0. The molecule has 0 amide bonds. The molecule has 2 nitrogen and oxygen atoms in total. The minimum atomic E-state index is -0.0555. The highest BCUT2D eigenvalue weighted by Crippen LogP contribution is 2.52. The van der Waals surface area contributed by atoms with Crippen LogP contribution in [0.4, 0.5) is 17.1 Å². The molecule has 45 heavy (non-hydrogen) atoms. The third-order valence-corrected chi connectivity index (χ3v) is 9.64. The monoisotopic (exact) mass is 577 g/mol. The van der Waals surface area contributed by atoms with E-state index in [9.17, 15) is 0 Å². The lowest BCUT2D eigenvalue weighted by molar-refractivity contribution is 0.660. The Kier molecular flexibility index (Phi) is 5.58. The van der Waals surface area contributed by atoms with Crippen LogP contribution >= 0.6 is 0 Å². The Morgan fingerprint density at radius 1 is 0.489 bits per heavy atom. The zero-order valence-electron chi connectivity index (χ0n) is 25.3. The molecule has 2 heteroatoms. The molecule has 1 aromatic heterocycles. The summed E-state index contributed by atoms with van der Waals surface area (Å²) in [6.45, 7) is 4.67. The van der Waals surface area contributed by atoms with Gasteiger partial charge in [-0.2, -0.15) is 0 Å². The molecule has 7 aromatic carbocycles. The van der Waals surface area contributed by atoms with E-state index in [1.54, 1.807) is 0 Å². The third kappa shape index (κ3) is 3.89. The van der Waals surface area contributed by atoms with E-state index >= 15 is 0 Å². The summed E-state index contributed by atoms with van der Waals surface area (Å²) in [4.78, 5) is 2.44. The largest absolute Gasteiger partial charge is 0.456 e. The van der Waals surface area contributed by atoms with Gasteiger partial charge in [-0.3, -0.25) is 0 Å². The lowest BCUT2D eigenvalue weighted by Gasteiger charge is -2.29. The molecule has 0 atom stereocenters. The zero-order valence-corrected chi connectivity index (χ0v) is 25.3. The minimum Gasteiger partial charge on any atom is -0.456 e. The summed E-state index contributed by atoms with van der Waals surface area (Å²) in [5, 5.41) is 4.58. The molecule has 0 N–H and O–H groups in total. The van der Waals surface area contributed by atoms with Gasteiger partial charge in [-0.15, -0.1) is 0 Å². The third-order valence-electron chi connectivity index (χ3n) is 9.64. The predicted molar refractivity (Wildman–Crippen MR) is 189 cm³/mol. The molecule has 1 aliphatic rings. The number of para-hydroxylation sites is 1. The fraction of sp³-hybridized carbons (Fsp3) is 0.0698. The summed E-state index contributed by atoms with van der Waals surface area (Å²) in [7, 11) is 0. The molecule has 0 radical (unpaired) electrons. The topological polar surface area (TPSA) is 16.4 Å². The second kappa shape index (κ2) is 9.70. The molecule has 214 valence electrons. The van der Waals surface area contributed by atoms with E-state index in [1.807, 2.05) is 6.07 Å². The van der Waals surface area contributed by atoms with Gasteiger partial charge in [0.25, 0.3) is 0 Å². The Hall–Kier alpha value is -5.60. The molecule has 1 aliphatic carbocycles. The highest BCUT2D eigenvalue weighted by atomic mass is 16.3. The van der Waals surface area contributed by atoms with Crippen LogP contribution in [0.3, 0.4) is 0 Å². The number of hydrogen-bond donors (Lipinski definition) is 0. The van der Waals surface area contributed by atoms with Gasteiger partial charge >= 0.3 is 0 Å². The van der Waals surface area contributed by atoms with Gasteiger partial charge in [0.15, 0.2) is 0 Å². The molecule has 0 unspecified atom stereocenters. The number of benzene rings is 7. The Morgan fingerprint density at radius 3 is 1.98 bits per heavy atom. The molecule has 0 bridgehead atoms. The molecule has 0 saturated heterocycles. The molecule has 9 rings (SSSR count). The molecule has 0 aliphatic heterocycles. The fourth-order valence-electron chi connectivity index (χ4n) is 7.45. The number of nitrogens with zero attached hydrogens (tertiary/aromatic N) is 1. The average molecular weight is 578 g/mol. The van der Waals surface area contributed by atoms with Crippen molar-refractivity contribution in [3.05, 3.63) is 163 Å². The van der Waals surface area contributed by atoms with Crippen molar-refractivity contribution < 1.29 is 4.42 Å². The van der Waals surface area contributed by atoms with Gasteiger partial charge in [0.05, 0.1) is 11.1 Å². The van der Waals surface area contributed by atoms with E-state index in [0.29, 0.717) is 0 Å². The van der Waals surface area contributed by atoms with Crippen LogP contribution in [0.15, 0.2) is 156 Å². The quantitative estimate of drug-likeness (QED) is 0.207. The first kappa shape index (κ1) is 25.9. The number of fused-ring (bicyclic) bond motifs is 7. The number of furan rings is 1. The van der Waals surface area contributed by atoms with Crippen LogP contribution in [0.25, 0.3) is 55.0 Å². The highest BCUT2D eigenvalue weighted by Gasteiger charge is 2.35. The van der Waals surface area contributed by atoms with Crippen molar-refractivity contribution in [1.82, 2.24) is 0 Å². The summed E-state index contributed by atoms with van der Waals surface area (Å²) in [6.07, 6.45) is 0. The van der Waals surface area contributed by atoms with Crippen molar-refractivity contribution in [2.45, 2.75) is 19.3 Å². The molecule has 0 spiro atoms. The van der Waals surface area contributed by atoms with Crippen molar-refractivity contribution >= 4 is 49.8 Å². The van der Waals surface area contributed by atoms with Gasteiger partial charge in [0.1, 0.15) is 11.2 Å². The molecule has 0 saturated carbocycles. The second-order valence-corrected chi connectivity index (χ2v) is 12.6. The summed E-state index contributed by atoms with van der Waals surface area (Å²) < 4.78 is 6.52. The van der Waals surface area contributed by atoms with Crippen LogP contribution in [0, 0.1) is 0 Å². The van der Waals surface area contributed by atoms with Crippen LogP contribution in [-0.4, -0.2) is 0 Å². The summed E-state index contributed by atoms with van der Waals surface area (Å²) in [6, 6.07) is 54.7. The van der Waals surface area contributed by atoms with Gasteiger partial charge in [-0.1, -0.05) is 129 Å². The van der Waals surface area contributed by atoms with E-state index in [1.165, 1.54) is 38.8 Å². The zero-order chi connectivity index (χ0) is 30.1. The van der Waals surface area contributed by atoms with Gasteiger partial charge in [-0.25, -0.2) is 0 Å². The fourth-order valence-corrected chi connectivity index (χ4v) is 7.45. The van der Waals surface area contributed by atoms with Crippen molar-refractivity contribution in [3.63, 3.8) is 0 Å². The maximum atomic E-state index is 6.52. The molecule has 8 aromatic rings. The first-order chi connectivity index (χ1) is 22.1. The molecule has 0 fully saturated rings. The average Bonchev–Trinajstić information content (AvgIpc) is 3.57. The molecular weight excluding hydrogens is 546 g/mol. The van der Waals surface area contributed by atoms with Crippen LogP contribution in [0.2, 0.25) is 0 Å². The van der Waals surface area contributed by atoms with Gasteiger partial charge in [0.2, 0.25) is 0 Å². The Balaban J connectivity index is 1.36. The lowest BCUT2D eigenvalue weighted by Crippen LogP contribution is -2.15. The number of rotatable bonds is 4. The summed E-state index contributed by atoms with van der Waals surface area (Å²) in [5.41, 5.74) is 12.8. The Bertz CT molecular complexity index is 2400. The minimum absolute atomic E-state index is 0.0555. The van der Waals surface area contributed by atoms with Crippen molar-refractivity contribution in [1.29, 1.82) is 0 Å². The summed E-state index contributed by atoms with van der Waals surface area (Å²) in [5.74, 6) is 0. The number of anilines is 3. The standard InChI is InChI=1S/C43H31NO/c1-43(2)37-18-10-8-16-34(37)36-27-32(24-25-38(36)43)44(31-22-20-29(21-23-31)28-12-4-3-5-13-28)42-33-15-7-6-14-30(33)26-40-41(42)35-17-9-11-19-39(35)45-40/h3-27H,1-2H3. The first-order valence-corrected chi connectivity index (χ1v) is 15.6. The van der Waals surface area contributed by atoms with E-state index in [-0.39, 0.29) is 5.41 Å². The van der Waals surface area contributed by atoms with E-state index in [2.05, 4.69) is 164 Å². The maximum absolute atomic E-state index is 6.52. The van der Waals surface area contributed by atoms with Gasteiger partial charge < -0.3 is 9.32 Å². The van der Waals surface area contributed by atoms with E-state index in [4.69, 9.17) is 4.42 Å². The smallest absolute Gasteiger partial charge is 0.138 e. The van der Waals surface area contributed by atoms with Crippen LogP contribution in [0.5, 0.6) is 0 Å². The normalized spacial score (nSPS) is 13.3. The van der Waals surface area contributed by atoms with Gasteiger partial charge in [-0.05, 0) is 75.2 Å². The molecule has 1 heterocycles. The van der Waals surface area contributed by atoms with Crippen LogP contribution < -0.4 is 4.90 Å². The van der Waals surface area contributed by atoms with E-state index in [0.717, 1.165) is 44.4 Å². The van der Waals surface area contributed by atoms with Crippen LogP contribution in [-0.2, 0) is 5.41 Å². The molecular formula is C43H31NO. The Labute approximate surface area is 262 Å². The van der Waals surface area contributed by atoms with Crippen LogP contribution in [0.1, 0.15) is 25.0 Å². The van der Waals surface area contributed by atoms with Crippen molar-refractivity contribution in [2.24, 2.45) is 0 Å². The second-order valence-electron chi connectivity index (χ2n) is 12.6. The lowest BCUT2D eigenvalue weighted by atomic mass is 9.82. The SMILES string of the molecule is CC1(C)c2ccccc2-c2cc(N(c3ccc(-c4ccccc4)cc3)c3c4ccccc4cc4oc5ccccc5c34)ccc21. The van der Waals surface area contributed by atoms with Gasteiger partial charge in [0, 0.05) is 27.6 Å². The highest BCUT2D eigenvalue weighted by molar-refractivity contribution is 6.21. The Morgan fingerprint density at radius 2 is 1.13 bits per heavy atom. The van der Waals surface area contributed by atoms with E-state index < -0.39 is 0 Å². The number of hydrogen-bond acceptors (Lipinski definition) is 2. The van der Waals surface area contributed by atoms with Crippen molar-refractivity contribution in [3.8, 4) is 22.3 Å². The maximum Gasteiger partial charge on any atom is 0.138 e. The first-order valence-electron chi connectivity index (χ1n) is 15.6. The van der Waals surface area contributed by atoms with Crippen molar-refractivity contribution in [2.75, 3.05) is 4.90 Å². The predicted octanol–water partition coefficient (Wildman–Crippen LogP) is 12.2.